The Morgan fingerprint density at radius 3 is 2.81 bits per heavy atom. The summed E-state index contributed by atoms with van der Waals surface area (Å²) in [5.41, 5.74) is 0.468. The molecule has 2 rings (SSSR count). The van der Waals surface area contributed by atoms with E-state index in [1.54, 1.807) is 6.33 Å². The zero-order valence-electron chi connectivity index (χ0n) is 10.5. The van der Waals surface area contributed by atoms with Crippen molar-refractivity contribution in [1.82, 2.24) is 20.1 Å². The normalized spacial score (nSPS) is 18.0. The molecule has 1 aromatic heterocycles. The van der Waals surface area contributed by atoms with Gasteiger partial charge < -0.3 is 5.32 Å². The first-order valence-corrected chi connectivity index (χ1v) is 6.26. The zero-order valence-corrected chi connectivity index (χ0v) is 10.5. The number of hydrogen-bond acceptors (Lipinski definition) is 3. The molecule has 0 bridgehead atoms. The summed E-state index contributed by atoms with van der Waals surface area (Å²) in [6.45, 7) is 8.64. The maximum atomic E-state index is 4.39. The van der Waals surface area contributed by atoms with Crippen LogP contribution < -0.4 is 5.32 Å². The molecule has 0 spiro atoms. The molecule has 90 valence electrons. The summed E-state index contributed by atoms with van der Waals surface area (Å²) < 4.78 is 2.05. The van der Waals surface area contributed by atoms with Gasteiger partial charge in [-0.2, -0.15) is 5.10 Å². The third-order valence-electron chi connectivity index (χ3n) is 3.38. The molecule has 1 fully saturated rings. The molecule has 1 aliphatic rings. The summed E-state index contributed by atoms with van der Waals surface area (Å²) >= 11 is 0. The van der Waals surface area contributed by atoms with E-state index in [1.165, 1.54) is 12.8 Å². The van der Waals surface area contributed by atoms with Crippen LogP contribution in [0.1, 0.15) is 45.5 Å². The van der Waals surface area contributed by atoms with Gasteiger partial charge in [0.15, 0.2) is 0 Å². The quantitative estimate of drug-likeness (QED) is 0.798. The minimum Gasteiger partial charge on any atom is -0.316 e. The summed E-state index contributed by atoms with van der Waals surface area (Å²) in [6.07, 6.45) is 5.40. The van der Waals surface area contributed by atoms with Gasteiger partial charge in [-0.3, -0.25) is 0 Å². The van der Waals surface area contributed by atoms with Crippen molar-refractivity contribution in [1.29, 1.82) is 0 Å². The fourth-order valence-corrected chi connectivity index (χ4v) is 2.15. The second-order valence-corrected chi connectivity index (χ2v) is 5.17. The second-order valence-electron chi connectivity index (χ2n) is 5.17. The smallest absolute Gasteiger partial charge is 0.138 e. The van der Waals surface area contributed by atoms with Crippen molar-refractivity contribution in [3.63, 3.8) is 0 Å². The van der Waals surface area contributed by atoms with E-state index in [1.807, 2.05) is 4.68 Å². The largest absolute Gasteiger partial charge is 0.316 e. The fraction of sp³-hybridized carbons (Fsp3) is 0.833. The molecule has 0 unspecified atom stereocenters. The minimum absolute atomic E-state index is 0.410. The molecule has 4 heteroatoms. The Morgan fingerprint density at radius 2 is 2.25 bits per heavy atom. The van der Waals surface area contributed by atoms with Crippen LogP contribution in [0, 0.1) is 5.41 Å². The van der Waals surface area contributed by atoms with Crippen LogP contribution in [0.4, 0.5) is 0 Å². The van der Waals surface area contributed by atoms with Crippen LogP contribution in [-0.2, 0) is 6.42 Å². The van der Waals surface area contributed by atoms with Crippen molar-refractivity contribution in [2.45, 2.75) is 46.1 Å². The van der Waals surface area contributed by atoms with E-state index in [0.29, 0.717) is 11.5 Å². The SMILES string of the molecule is CCNCC1(Cc2ncnn2C(C)C)CC1. The van der Waals surface area contributed by atoms with Crippen molar-refractivity contribution < 1.29 is 0 Å². The van der Waals surface area contributed by atoms with Gasteiger partial charge in [0.2, 0.25) is 0 Å². The maximum absolute atomic E-state index is 4.39. The first kappa shape index (κ1) is 11.6. The molecule has 4 nitrogen and oxygen atoms in total. The van der Waals surface area contributed by atoms with Crippen LogP contribution in [0.3, 0.4) is 0 Å². The van der Waals surface area contributed by atoms with Crippen LogP contribution in [-0.4, -0.2) is 27.9 Å². The van der Waals surface area contributed by atoms with Gasteiger partial charge in [-0.15, -0.1) is 0 Å². The van der Waals surface area contributed by atoms with Crippen LogP contribution in [0.25, 0.3) is 0 Å². The van der Waals surface area contributed by atoms with Crippen molar-refractivity contribution in [2.24, 2.45) is 5.41 Å². The lowest BCUT2D eigenvalue weighted by atomic mass is 10.0. The monoisotopic (exact) mass is 222 g/mol. The first-order chi connectivity index (χ1) is 7.67. The van der Waals surface area contributed by atoms with Gasteiger partial charge in [0.1, 0.15) is 12.2 Å². The highest BCUT2D eigenvalue weighted by Gasteiger charge is 2.43. The topological polar surface area (TPSA) is 42.7 Å². The van der Waals surface area contributed by atoms with Gasteiger partial charge in [0.05, 0.1) is 0 Å². The number of rotatable bonds is 6. The average Bonchev–Trinajstić information content (AvgIpc) is 2.84. The average molecular weight is 222 g/mol. The van der Waals surface area contributed by atoms with Crippen LogP contribution in [0.15, 0.2) is 6.33 Å². The van der Waals surface area contributed by atoms with Gasteiger partial charge in [-0.05, 0) is 38.6 Å². The third-order valence-corrected chi connectivity index (χ3v) is 3.38. The minimum atomic E-state index is 0.410. The van der Waals surface area contributed by atoms with Crippen LogP contribution >= 0.6 is 0 Å². The highest BCUT2D eigenvalue weighted by Crippen LogP contribution is 2.47. The molecular weight excluding hydrogens is 200 g/mol. The third kappa shape index (κ3) is 2.43. The molecule has 0 aliphatic heterocycles. The Bertz CT molecular complexity index is 339. The molecule has 0 amide bonds. The molecule has 0 saturated heterocycles. The first-order valence-electron chi connectivity index (χ1n) is 6.26. The lowest BCUT2D eigenvalue weighted by Gasteiger charge is -2.16. The molecule has 1 aliphatic carbocycles. The standard InChI is InChI=1S/C12H22N4/c1-4-13-8-12(5-6-12)7-11-14-9-15-16(11)10(2)3/h9-10,13H,4-8H2,1-3H3. The van der Waals surface area contributed by atoms with Crippen LogP contribution in [0.2, 0.25) is 0 Å². The molecule has 1 aromatic rings. The Kier molecular flexibility index (Phi) is 3.28. The molecule has 0 atom stereocenters. The summed E-state index contributed by atoms with van der Waals surface area (Å²) in [6, 6.07) is 0.410. The lowest BCUT2D eigenvalue weighted by molar-refractivity contribution is 0.421. The molecule has 1 heterocycles. The number of hydrogen-bond donors (Lipinski definition) is 1. The lowest BCUT2D eigenvalue weighted by Crippen LogP contribution is -2.26. The molecule has 0 radical (unpaired) electrons. The van der Waals surface area contributed by atoms with E-state index >= 15 is 0 Å². The number of nitrogens with zero attached hydrogens (tertiary/aromatic N) is 3. The maximum Gasteiger partial charge on any atom is 0.138 e. The predicted octanol–water partition coefficient (Wildman–Crippen LogP) is 1.79. The number of aromatic nitrogens is 3. The summed E-state index contributed by atoms with van der Waals surface area (Å²) in [4.78, 5) is 4.39. The van der Waals surface area contributed by atoms with Gasteiger partial charge in [0.25, 0.3) is 0 Å². The van der Waals surface area contributed by atoms with E-state index in [9.17, 15) is 0 Å². The van der Waals surface area contributed by atoms with E-state index in [2.05, 4.69) is 36.2 Å². The van der Waals surface area contributed by atoms with Crippen LogP contribution in [0.5, 0.6) is 0 Å². The van der Waals surface area contributed by atoms with Crippen molar-refractivity contribution in [3.8, 4) is 0 Å². The van der Waals surface area contributed by atoms with E-state index in [0.717, 1.165) is 25.3 Å². The Morgan fingerprint density at radius 1 is 1.50 bits per heavy atom. The molecule has 0 aromatic carbocycles. The van der Waals surface area contributed by atoms with Crippen molar-refractivity contribution in [2.75, 3.05) is 13.1 Å². The van der Waals surface area contributed by atoms with Gasteiger partial charge in [0, 0.05) is 19.0 Å². The Hall–Kier alpha value is -0.900. The van der Waals surface area contributed by atoms with Crippen molar-refractivity contribution in [3.05, 3.63) is 12.2 Å². The molecule has 1 saturated carbocycles. The predicted molar refractivity (Wildman–Crippen MR) is 64.3 cm³/mol. The number of nitrogens with one attached hydrogen (secondary N) is 1. The highest BCUT2D eigenvalue weighted by molar-refractivity contribution is 5.03. The zero-order chi connectivity index (χ0) is 11.6. The second kappa shape index (κ2) is 4.53. The summed E-state index contributed by atoms with van der Waals surface area (Å²) in [7, 11) is 0. The van der Waals surface area contributed by atoms with E-state index < -0.39 is 0 Å². The fourth-order valence-electron chi connectivity index (χ4n) is 2.15. The molecule has 1 N–H and O–H groups in total. The van der Waals surface area contributed by atoms with Gasteiger partial charge >= 0.3 is 0 Å². The van der Waals surface area contributed by atoms with Gasteiger partial charge in [-0.25, -0.2) is 9.67 Å². The molecular formula is C12H22N4. The molecule has 16 heavy (non-hydrogen) atoms. The summed E-state index contributed by atoms with van der Waals surface area (Å²) in [5, 5.41) is 7.75. The van der Waals surface area contributed by atoms with E-state index in [4.69, 9.17) is 0 Å². The Labute approximate surface area is 97.5 Å². The van der Waals surface area contributed by atoms with Crippen molar-refractivity contribution >= 4 is 0 Å². The highest BCUT2D eigenvalue weighted by atomic mass is 15.3. The Balaban J connectivity index is 2.00. The van der Waals surface area contributed by atoms with Gasteiger partial charge in [-0.1, -0.05) is 6.92 Å². The van der Waals surface area contributed by atoms with E-state index in [-0.39, 0.29) is 0 Å². The summed E-state index contributed by atoms with van der Waals surface area (Å²) in [5.74, 6) is 1.14.